The molecule has 2 aliphatic heterocycles. The van der Waals surface area contributed by atoms with Crippen molar-refractivity contribution in [2.24, 2.45) is 5.92 Å². The van der Waals surface area contributed by atoms with Crippen LogP contribution in [-0.2, 0) is 20.9 Å². The van der Waals surface area contributed by atoms with E-state index in [1.807, 2.05) is 42.6 Å². The van der Waals surface area contributed by atoms with Crippen LogP contribution in [0.3, 0.4) is 0 Å². The number of nitrogens with one attached hydrogen (secondary N) is 1. The van der Waals surface area contributed by atoms with Crippen molar-refractivity contribution in [3.63, 3.8) is 0 Å². The quantitative estimate of drug-likeness (QED) is 0.196. The molecule has 40 heavy (non-hydrogen) atoms. The van der Waals surface area contributed by atoms with Gasteiger partial charge in [-0.1, -0.05) is 41.3 Å². The number of aromatic nitrogens is 1. The van der Waals surface area contributed by atoms with Gasteiger partial charge in [0.25, 0.3) is 5.69 Å². The number of benzene rings is 2. The first-order valence-electron chi connectivity index (χ1n) is 12.2. The van der Waals surface area contributed by atoms with Crippen LogP contribution in [-0.4, -0.2) is 32.5 Å². The van der Waals surface area contributed by atoms with Crippen molar-refractivity contribution >= 4 is 69.2 Å². The summed E-state index contributed by atoms with van der Waals surface area (Å²) >= 11 is 3.54. The molecule has 0 aliphatic carbocycles. The number of rotatable bonds is 6. The average molecular weight is 593 g/mol. The fourth-order valence-electron chi connectivity index (χ4n) is 5.08. The predicted molar refractivity (Wildman–Crippen MR) is 153 cm³/mol. The zero-order chi connectivity index (χ0) is 28.1. The molecule has 10 nitrogen and oxygen atoms in total. The molecule has 1 fully saturated rings. The van der Waals surface area contributed by atoms with Crippen LogP contribution in [0.2, 0.25) is 0 Å². The van der Waals surface area contributed by atoms with Gasteiger partial charge in [0.05, 0.1) is 21.6 Å². The van der Waals surface area contributed by atoms with Crippen molar-refractivity contribution in [3.8, 4) is 0 Å². The van der Waals surface area contributed by atoms with Gasteiger partial charge >= 0.3 is 4.87 Å². The van der Waals surface area contributed by atoms with Crippen molar-refractivity contribution in [2.45, 2.75) is 29.7 Å². The zero-order valence-corrected chi connectivity index (χ0v) is 23.3. The number of non-ortho nitro benzene ring substituents is 1. The molecule has 4 heterocycles. The lowest BCUT2D eigenvalue weighted by Crippen LogP contribution is -2.32. The molecule has 202 valence electrons. The Balaban J connectivity index is 1.37. The number of amides is 3. The highest BCUT2D eigenvalue weighted by molar-refractivity contribution is 8.00. The first kappa shape index (κ1) is 26.2. The summed E-state index contributed by atoms with van der Waals surface area (Å²) in [5.74, 6) is -2.59. The van der Waals surface area contributed by atoms with Crippen LogP contribution >= 0.6 is 34.4 Å². The molecule has 2 aliphatic rings. The molecule has 2 aromatic heterocycles. The molecule has 2 aromatic carbocycles. The van der Waals surface area contributed by atoms with Crippen LogP contribution in [0.25, 0.3) is 0 Å². The van der Waals surface area contributed by atoms with Gasteiger partial charge in [-0.05, 0) is 48.2 Å². The van der Waals surface area contributed by atoms with Gasteiger partial charge in [0.2, 0.25) is 17.7 Å². The van der Waals surface area contributed by atoms with Gasteiger partial charge in [0.1, 0.15) is 11.8 Å². The molecule has 13 heteroatoms. The van der Waals surface area contributed by atoms with Gasteiger partial charge in [-0.3, -0.25) is 33.9 Å². The van der Waals surface area contributed by atoms with E-state index in [1.165, 1.54) is 40.2 Å². The van der Waals surface area contributed by atoms with Gasteiger partial charge < -0.3 is 5.32 Å². The number of thioether (sulfide) groups is 1. The number of imide groups is 1. The Labute approximate surface area is 239 Å². The molecule has 0 saturated carbocycles. The summed E-state index contributed by atoms with van der Waals surface area (Å²) in [4.78, 5) is 66.4. The molecule has 6 rings (SSSR count). The van der Waals surface area contributed by atoms with Crippen LogP contribution in [0.1, 0.15) is 21.2 Å². The van der Waals surface area contributed by atoms with E-state index in [9.17, 15) is 29.3 Å². The Morgan fingerprint density at radius 3 is 2.50 bits per heavy atom. The van der Waals surface area contributed by atoms with Crippen molar-refractivity contribution in [1.29, 1.82) is 0 Å². The van der Waals surface area contributed by atoms with E-state index in [2.05, 4.69) is 5.32 Å². The third kappa shape index (κ3) is 4.45. The molecule has 3 amide bonds. The van der Waals surface area contributed by atoms with Crippen LogP contribution < -0.4 is 15.1 Å². The molecule has 1 saturated heterocycles. The third-order valence-electron chi connectivity index (χ3n) is 6.82. The van der Waals surface area contributed by atoms with E-state index in [-0.39, 0.29) is 28.7 Å². The topological polar surface area (TPSA) is 132 Å². The smallest absolute Gasteiger partial charge is 0.308 e. The van der Waals surface area contributed by atoms with Crippen LogP contribution in [0.15, 0.2) is 75.9 Å². The molecule has 0 radical (unpaired) electrons. The number of hydrogen-bond acceptors (Lipinski definition) is 9. The summed E-state index contributed by atoms with van der Waals surface area (Å²) in [5.41, 5.74) is 1.69. The van der Waals surface area contributed by atoms with Gasteiger partial charge in [-0.15, -0.1) is 11.3 Å². The Kier molecular flexibility index (Phi) is 6.64. The van der Waals surface area contributed by atoms with Gasteiger partial charge in [0, 0.05) is 33.5 Å². The summed E-state index contributed by atoms with van der Waals surface area (Å²) in [6.45, 7) is 1.67. The molecule has 4 aromatic rings. The van der Waals surface area contributed by atoms with Crippen molar-refractivity contribution in [2.75, 3.05) is 10.2 Å². The predicted octanol–water partition coefficient (Wildman–Crippen LogP) is 4.62. The Hall–Kier alpha value is -4.07. The maximum absolute atomic E-state index is 13.8. The number of carbonyl (C=O) groups excluding carboxylic acids is 3. The number of nitro groups is 1. The van der Waals surface area contributed by atoms with Gasteiger partial charge in [0.15, 0.2) is 0 Å². The maximum atomic E-state index is 13.8. The number of thiophene rings is 1. The average Bonchev–Trinajstić information content (AvgIpc) is 3.61. The Morgan fingerprint density at radius 2 is 1.82 bits per heavy atom. The lowest BCUT2D eigenvalue weighted by atomic mass is 9.87. The van der Waals surface area contributed by atoms with Gasteiger partial charge in [-0.2, -0.15) is 0 Å². The third-order valence-corrected chi connectivity index (χ3v) is 10.4. The summed E-state index contributed by atoms with van der Waals surface area (Å²) in [5, 5.41) is 15.5. The zero-order valence-electron chi connectivity index (χ0n) is 20.8. The number of fused-ring (bicyclic) bond motifs is 2. The summed E-state index contributed by atoms with van der Waals surface area (Å²) in [6, 6.07) is 16.3. The number of hydrogen-bond donors (Lipinski definition) is 1. The normalized spacial score (nSPS) is 19.8. The number of aryl methyl sites for hydroxylation is 1. The number of nitro benzene ring substituents is 1. The monoisotopic (exact) mass is 592 g/mol. The van der Waals surface area contributed by atoms with Crippen LogP contribution in [0, 0.1) is 23.0 Å². The maximum Gasteiger partial charge on any atom is 0.308 e. The highest BCUT2D eigenvalue weighted by Crippen LogP contribution is 2.54. The van der Waals surface area contributed by atoms with E-state index < -0.39 is 33.8 Å². The largest absolute Gasteiger partial charge is 0.325 e. The standard InChI is InChI=1S/C27H20N4O6S3/c1-14-4-2-5-15(12-14)28-19(32)13-29-26-23(40-27(29)35)20(18-6-3-11-38-18)21-22(39-26)25(34)30(24(21)33)16-7-9-17(10-8-16)31(36)37/h2-12,20-22H,13H2,1H3,(H,28,32)/t20-,21?,22?/m1/s1. The van der Waals surface area contributed by atoms with Crippen molar-refractivity contribution in [1.82, 2.24) is 4.57 Å². The lowest BCUT2D eigenvalue weighted by Gasteiger charge is -2.29. The molecule has 2 unspecified atom stereocenters. The summed E-state index contributed by atoms with van der Waals surface area (Å²) in [7, 11) is 0. The second kappa shape index (κ2) is 10.2. The highest BCUT2D eigenvalue weighted by Gasteiger charge is 2.57. The first-order chi connectivity index (χ1) is 19.2. The van der Waals surface area contributed by atoms with E-state index >= 15 is 0 Å². The Bertz CT molecular complexity index is 1730. The Morgan fingerprint density at radius 1 is 1.05 bits per heavy atom. The first-order valence-corrected chi connectivity index (χ1v) is 14.7. The summed E-state index contributed by atoms with van der Waals surface area (Å²) in [6.07, 6.45) is 0. The number of carbonyl (C=O) groups is 3. The van der Waals surface area contributed by atoms with Crippen molar-refractivity contribution in [3.05, 3.63) is 101 Å². The number of anilines is 2. The van der Waals surface area contributed by atoms with Crippen molar-refractivity contribution < 1.29 is 19.3 Å². The summed E-state index contributed by atoms with van der Waals surface area (Å²) < 4.78 is 1.37. The molecule has 0 bridgehead atoms. The SMILES string of the molecule is Cc1cccc(NC(=O)Cn2c3c(sc2=O)[C@H](c2cccs2)C2C(=O)N(c4ccc([N+](=O)[O-])cc4)C(=O)C2S3)c1. The minimum atomic E-state index is -0.831. The van der Waals surface area contributed by atoms with E-state index in [0.29, 0.717) is 15.6 Å². The molecular formula is C27H20N4O6S3. The fraction of sp³-hybridized carbons (Fsp3) is 0.185. The number of thiazole rings is 1. The molecule has 3 atom stereocenters. The van der Waals surface area contributed by atoms with E-state index in [1.54, 1.807) is 6.07 Å². The number of nitrogens with zero attached hydrogens (tertiary/aromatic N) is 3. The highest BCUT2D eigenvalue weighted by atomic mass is 32.2. The minimum Gasteiger partial charge on any atom is -0.325 e. The van der Waals surface area contributed by atoms with Crippen LogP contribution in [0.5, 0.6) is 0 Å². The second-order valence-corrected chi connectivity index (χ2v) is 12.5. The van der Waals surface area contributed by atoms with Crippen LogP contribution in [0.4, 0.5) is 17.1 Å². The minimum absolute atomic E-state index is 0.152. The van der Waals surface area contributed by atoms with Gasteiger partial charge in [-0.25, -0.2) is 4.90 Å². The fourth-order valence-corrected chi connectivity index (χ4v) is 8.80. The lowest BCUT2D eigenvalue weighted by molar-refractivity contribution is -0.384. The van der Waals surface area contributed by atoms with E-state index in [4.69, 9.17) is 0 Å². The van der Waals surface area contributed by atoms with E-state index in [0.717, 1.165) is 38.4 Å². The molecule has 0 spiro atoms. The molecular weight excluding hydrogens is 573 g/mol. The molecule has 1 N–H and O–H groups in total. The second-order valence-electron chi connectivity index (χ2n) is 9.38.